The van der Waals surface area contributed by atoms with Crippen LogP contribution < -0.4 is 0 Å². The summed E-state index contributed by atoms with van der Waals surface area (Å²) in [5, 5.41) is 0. The van der Waals surface area contributed by atoms with Crippen LogP contribution in [0.25, 0.3) is 0 Å². The van der Waals surface area contributed by atoms with Crippen LogP contribution in [-0.2, 0) is 24.0 Å². The molecule has 0 aliphatic carbocycles. The summed E-state index contributed by atoms with van der Waals surface area (Å²) in [7, 11) is 4.38. The van der Waals surface area contributed by atoms with Crippen LogP contribution in [0.2, 0.25) is 0 Å². The highest BCUT2D eigenvalue weighted by Gasteiger charge is 2.29. The fourth-order valence-electron chi connectivity index (χ4n) is 0.987. The number of quaternary nitrogens is 1. The number of hydroxylamine groups is 3. The van der Waals surface area contributed by atoms with Gasteiger partial charge in [-0.3, -0.25) is 0 Å². The summed E-state index contributed by atoms with van der Waals surface area (Å²) in [6, 6.07) is 0. The normalized spacial score (nSPS) is 11.1. The van der Waals surface area contributed by atoms with Gasteiger partial charge < -0.3 is 4.74 Å². The Morgan fingerprint density at radius 1 is 1.27 bits per heavy atom. The quantitative estimate of drug-likeness (QED) is 0.197. The van der Waals surface area contributed by atoms with Crippen molar-refractivity contribution in [3.8, 4) is 0 Å². The van der Waals surface area contributed by atoms with Gasteiger partial charge in [0.2, 0.25) is 0 Å². The minimum Gasteiger partial charge on any atom is -0.462 e. The second-order valence-corrected chi connectivity index (χ2v) is 2.61. The van der Waals surface area contributed by atoms with Crippen LogP contribution in [0.1, 0.15) is 6.42 Å². The maximum absolute atomic E-state index is 10.7. The number of carbonyl (C=O) groups excluding carboxylic acids is 1. The molecule has 0 saturated heterocycles. The van der Waals surface area contributed by atoms with E-state index in [1.807, 2.05) is 0 Å². The van der Waals surface area contributed by atoms with Crippen LogP contribution in [0.15, 0.2) is 12.7 Å². The third-order valence-electron chi connectivity index (χ3n) is 1.82. The third kappa shape index (κ3) is 4.89. The van der Waals surface area contributed by atoms with Crippen molar-refractivity contribution in [1.29, 1.82) is 0 Å². The van der Waals surface area contributed by atoms with E-state index in [0.717, 1.165) is 6.08 Å². The first kappa shape index (κ1) is 14.1. The molecule has 6 nitrogen and oxygen atoms in total. The third-order valence-corrected chi connectivity index (χ3v) is 1.82. The molecule has 6 heteroatoms. The van der Waals surface area contributed by atoms with Gasteiger partial charge in [0.15, 0.2) is 6.54 Å². The first-order valence-corrected chi connectivity index (χ1v) is 4.48. The number of ether oxygens (including phenoxy) is 1. The summed E-state index contributed by atoms with van der Waals surface area (Å²) in [5.74, 6) is -0.444. The molecule has 0 aromatic rings. The monoisotopic (exact) mass is 220 g/mol. The van der Waals surface area contributed by atoms with E-state index >= 15 is 0 Å². The predicted molar refractivity (Wildman–Crippen MR) is 51.9 cm³/mol. The molecule has 0 amide bonds. The smallest absolute Gasteiger partial charge is 0.330 e. The van der Waals surface area contributed by atoms with E-state index in [1.54, 1.807) is 0 Å². The summed E-state index contributed by atoms with van der Waals surface area (Å²) in [6.07, 6.45) is 1.67. The van der Waals surface area contributed by atoms with Gasteiger partial charge in [-0.15, -0.1) is 14.5 Å². The Kier molecular flexibility index (Phi) is 6.89. The van der Waals surface area contributed by atoms with Crippen molar-refractivity contribution in [3.63, 3.8) is 0 Å². The highest BCUT2D eigenvalue weighted by atomic mass is 17.2. The van der Waals surface area contributed by atoms with Crippen LogP contribution in [0.3, 0.4) is 0 Å². The molecule has 0 rings (SSSR count). The summed E-state index contributed by atoms with van der Waals surface area (Å²) in [5.41, 5.74) is 0. The Morgan fingerprint density at radius 2 is 1.80 bits per heavy atom. The molecule has 0 aromatic carbocycles. The maximum Gasteiger partial charge on any atom is 0.330 e. The van der Waals surface area contributed by atoms with Crippen molar-refractivity contribution >= 4 is 5.97 Å². The van der Waals surface area contributed by atoms with Crippen molar-refractivity contribution in [2.75, 3.05) is 34.5 Å². The zero-order valence-electron chi connectivity index (χ0n) is 9.39. The molecule has 0 spiro atoms. The minimum absolute atomic E-state index is 0.265. The van der Waals surface area contributed by atoms with E-state index in [0.29, 0.717) is 13.0 Å². The van der Waals surface area contributed by atoms with Gasteiger partial charge in [0.1, 0.15) is 21.3 Å². The van der Waals surface area contributed by atoms with E-state index in [1.165, 1.54) is 21.3 Å². The van der Waals surface area contributed by atoms with Gasteiger partial charge >= 0.3 is 5.97 Å². The molecule has 0 bridgehead atoms. The fraction of sp³-hybridized carbons (Fsp3) is 0.667. The Morgan fingerprint density at radius 3 is 2.20 bits per heavy atom. The molecule has 0 aliphatic heterocycles. The Bertz CT molecular complexity index is 194. The number of esters is 1. The van der Waals surface area contributed by atoms with E-state index in [2.05, 4.69) is 6.58 Å². The molecule has 15 heavy (non-hydrogen) atoms. The van der Waals surface area contributed by atoms with Crippen LogP contribution >= 0.6 is 0 Å². The molecular weight excluding hydrogens is 202 g/mol. The van der Waals surface area contributed by atoms with Gasteiger partial charge in [-0.1, -0.05) is 6.58 Å². The lowest BCUT2D eigenvalue weighted by Gasteiger charge is -2.24. The van der Waals surface area contributed by atoms with E-state index < -0.39 is 10.9 Å². The van der Waals surface area contributed by atoms with Crippen molar-refractivity contribution < 1.29 is 29.0 Å². The summed E-state index contributed by atoms with van der Waals surface area (Å²) in [6.45, 7) is 3.96. The summed E-state index contributed by atoms with van der Waals surface area (Å²) in [4.78, 5) is 25.3. The molecule has 0 aromatic heterocycles. The highest BCUT2D eigenvalue weighted by molar-refractivity contribution is 5.81. The zero-order chi connectivity index (χ0) is 11.7. The minimum atomic E-state index is -0.444. The van der Waals surface area contributed by atoms with Gasteiger partial charge in [0.25, 0.3) is 0 Å². The van der Waals surface area contributed by atoms with Gasteiger partial charge in [0.05, 0.1) is 11.6 Å². The molecule has 0 radical (unpaired) electrons. The topological polar surface area (TPSA) is 54.0 Å². The van der Waals surface area contributed by atoms with Crippen molar-refractivity contribution in [2.45, 2.75) is 6.42 Å². The van der Waals surface area contributed by atoms with Gasteiger partial charge in [0, 0.05) is 12.5 Å². The average Bonchev–Trinajstić information content (AvgIpc) is 2.30. The molecule has 0 fully saturated rings. The van der Waals surface area contributed by atoms with Crippen molar-refractivity contribution in [1.82, 2.24) is 0 Å². The second-order valence-electron chi connectivity index (χ2n) is 2.61. The average molecular weight is 220 g/mol. The predicted octanol–water partition coefficient (Wildman–Crippen LogP) is 0.607. The van der Waals surface area contributed by atoms with Gasteiger partial charge in [-0.05, 0) is 0 Å². The SMILES string of the molecule is C=CC(=O)OCCC[N+](OC)(OC)OC. The van der Waals surface area contributed by atoms with E-state index in [4.69, 9.17) is 19.2 Å². The van der Waals surface area contributed by atoms with Crippen LogP contribution in [0.4, 0.5) is 0 Å². The van der Waals surface area contributed by atoms with E-state index in [9.17, 15) is 4.79 Å². The first-order valence-electron chi connectivity index (χ1n) is 4.48. The van der Waals surface area contributed by atoms with Crippen molar-refractivity contribution in [2.24, 2.45) is 0 Å². The van der Waals surface area contributed by atoms with Gasteiger partial charge in [-0.25, -0.2) is 4.79 Å². The molecule has 88 valence electrons. The molecule has 0 saturated carbocycles. The number of hydrogen-bond acceptors (Lipinski definition) is 5. The second kappa shape index (κ2) is 7.36. The molecule has 0 aliphatic rings. The summed E-state index contributed by atoms with van der Waals surface area (Å²) < 4.78 is 4.79. The Balaban J connectivity index is 3.81. The lowest BCUT2D eigenvalue weighted by Crippen LogP contribution is -2.45. The number of hydrogen-bond donors (Lipinski definition) is 0. The molecule has 0 unspecified atom stereocenters. The van der Waals surface area contributed by atoms with E-state index in [-0.39, 0.29) is 6.61 Å². The number of rotatable bonds is 8. The highest BCUT2D eigenvalue weighted by Crippen LogP contribution is 2.08. The molecule has 0 atom stereocenters. The number of nitrogens with zero attached hydrogens (tertiary/aromatic N) is 1. The lowest BCUT2D eigenvalue weighted by atomic mass is 10.4. The van der Waals surface area contributed by atoms with Crippen LogP contribution in [-0.4, -0.2) is 45.4 Å². The largest absolute Gasteiger partial charge is 0.462 e. The first-order chi connectivity index (χ1) is 7.14. The number of carbonyl (C=O) groups is 1. The lowest BCUT2D eigenvalue weighted by molar-refractivity contribution is -1.36. The van der Waals surface area contributed by atoms with Gasteiger partial charge in [-0.2, -0.15) is 0 Å². The zero-order valence-corrected chi connectivity index (χ0v) is 9.39. The van der Waals surface area contributed by atoms with Crippen LogP contribution in [0.5, 0.6) is 0 Å². The summed E-state index contributed by atoms with van der Waals surface area (Å²) >= 11 is 0. The maximum atomic E-state index is 10.7. The molecule has 0 heterocycles. The fourth-order valence-corrected chi connectivity index (χ4v) is 0.987. The molecular formula is C9H18NO5+. The van der Waals surface area contributed by atoms with Crippen LogP contribution in [0, 0.1) is 0 Å². The molecule has 0 N–H and O–H groups in total. The van der Waals surface area contributed by atoms with Crippen molar-refractivity contribution in [3.05, 3.63) is 12.7 Å². The Hall–Kier alpha value is -0.950. The standard InChI is InChI=1S/C9H18NO5/c1-5-9(11)15-8-6-7-10(12-2,13-3)14-4/h5H,1,6-8H2,2-4H3/q+1. The Labute approximate surface area is 89.4 Å².